The number of aliphatic hydroxyl groups is 4. The van der Waals surface area contributed by atoms with Gasteiger partial charge in [0.05, 0.1) is 19.1 Å². The van der Waals surface area contributed by atoms with Crippen LogP contribution < -0.4 is 10.9 Å². The van der Waals surface area contributed by atoms with Crippen molar-refractivity contribution in [1.29, 1.82) is 0 Å². The minimum absolute atomic E-state index is 0.00371. The number of aliphatic hydroxyl groups excluding tert-OH is 4. The van der Waals surface area contributed by atoms with Crippen molar-refractivity contribution < 1.29 is 25.2 Å². The lowest BCUT2D eigenvalue weighted by Crippen LogP contribution is -2.34. The molecule has 128 valence electrons. The molecule has 1 fully saturated rings. The Kier molecular flexibility index (Phi) is 3.36. The summed E-state index contributed by atoms with van der Waals surface area (Å²) in [6.07, 6.45) is -3.40. The summed E-state index contributed by atoms with van der Waals surface area (Å²) in [5.41, 5.74) is -0.513. The van der Waals surface area contributed by atoms with Crippen LogP contribution in [0.5, 0.6) is 0 Å². The van der Waals surface area contributed by atoms with Crippen molar-refractivity contribution in [3.05, 3.63) is 16.7 Å². The van der Waals surface area contributed by atoms with Gasteiger partial charge >= 0.3 is 5.56 Å². The third kappa shape index (κ3) is 2.05. The molecule has 5 N–H and O–H groups in total. The van der Waals surface area contributed by atoms with Crippen LogP contribution in [0.3, 0.4) is 0 Å². The zero-order valence-corrected chi connectivity index (χ0v) is 12.1. The number of hydrogen-bond donors (Lipinski definition) is 5. The van der Waals surface area contributed by atoms with Gasteiger partial charge in [-0.2, -0.15) is 14.8 Å². The Balaban J connectivity index is 1.84. The minimum atomic E-state index is -1.34. The smallest absolute Gasteiger partial charge is 0.303 e. The number of aromatic nitrogens is 4. The molecule has 2 aromatic rings. The molecule has 0 amide bonds. The third-order valence-electron chi connectivity index (χ3n) is 3.97. The van der Waals surface area contributed by atoms with E-state index in [0.29, 0.717) is 0 Å². The van der Waals surface area contributed by atoms with Gasteiger partial charge in [-0.3, -0.25) is 9.36 Å². The normalized spacial score (nSPS) is 32.1. The summed E-state index contributed by atoms with van der Waals surface area (Å²) in [4.78, 5) is 20.5. The first-order valence-corrected chi connectivity index (χ1v) is 7.12. The Bertz CT molecular complexity index is 877. The number of hydrogen-bond acceptors (Lipinski definition) is 10. The van der Waals surface area contributed by atoms with Crippen molar-refractivity contribution in [1.82, 2.24) is 19.2 Å². The number of fused-ring (bicyclic) bond motifs is 2. The van der Waals surface area contributed by atoms with Crippen LogP contribution in [0.2, 0.25) is 0 Å². The van der Waals surface area contributed by atoms with E-state index in [2.05, 4.69) is 20.4 Å². The molecule has 24 heavy (non-hydrogen) atoms. The van der Waals surface area contributed by atoms with E-state index >= 15 is 0 Å². The highest BCUT2D eigenvalue weighted by molar-refractivity contribution is 5.74. The van der Waals surface area contributed by atoms with Crippen molar-refractivity contribution in [2.75, 3.05) is 11.9 Å². The van der Waals surface area contributed by atoms with Crippen molar-refractivity contribution in [2.24, 2.45) is 5.10 Å². The monoisotopic (exact) mass is 338 g/mol. The molecule has 4 heterocycles. The standard InChI is InChI=1S/C12H14N6O6/c19-2-4-7(21)8(22)11(24-4)17-3-13-6-9(17)16-12-15-5(20)1-14-18(12)10(6)23/h1,3-5,7-8,11,19-22H,2H2,(H,15,16)/t4-,5?,7-,8-,11-/m1/s1. The first-order valence-electron chi connectivity index (χ1n) is 7.12. The van der Waals surface area contributed by atoms with Crippen molar-refractivity contribution in [2.45, 2.75) is 30.8 Å². The summed E-state index contributed by atoms with van der Waals surface area (Å²) in [6, 6.07) is 0. The molecule has 0 aliphatic carbocycles. The maximum atomic E-state index is 12.4. The summed E-state index contributed by atoms with van der Waals surface area (Å²) >= 11 is 0. The van der Waals surface area contributed by atoms with Gasteiger partial charge in [-0.15, -0.1) is 0 Å². The molecule has 2 aliphatic heterocycles. The quantitative estimate of drug-likeness (QED) is 0.378. The molecular weight excluding hydrogens is 324 g/mol. The maximum Gasteiger partial charge on any atom is 0.303 e. The lowest BCUT2D eigenvalue weighted by molar-refractivity contribution is -0.0511. The van der Waals surface area contributed by atoms with Gasteiger partial charge in [0, 0.05) is 0 Å². The predicted molar refractivity (Wildman–Crippen MR) is 78.3 cm³/mol. The first kappa shape index (κ1) is 15.2. The molecule has 5 atom stereocenters. The maximum absolute atomic E-state index is 12.4. The zero-order chi connectivity index (χ0) is 17.0. The molecule has 0 bridgehead atoms. The second kappa shape index (κ2) is 5.32. The lowest BCUT2D eigenvalue weighted by Gasteiger charge is -2.19. The Morgan fingerprint density at radius 1 is 1.29 bits per heavy atom. The van der Waals surface area contributed by atoms with Crippen LogP contribution in [0.4, 0.5) is 5.95 Å². The molecule has 1 unspecified atom stereocenters. The van der Waals surface area contributed by atoms with Gasteiger partial charge < -0.3 is 30.5 Å². The second-order valence-corrected chi connectivity index (χ2v) is 5.46. The second-order valence-electron chi connectivity index (χ2n) is 5.46. The molecule has 12 nitrogen and oxygen atoms in total. The fraction of sp³-hybridized carbons (Fsp3) is 0.500. The molecule has 0 aromatic carbocycles. The van der Waals surface area contributed by atoms with Gasteiger partial charge in [-0.1, -0.05) is 0 Å². The van der Waals surface area contributed by atoms with Crippen molar-refractivity contribution >= 4 is 23.3 Å². The summed E-state index contributed by atoms with van der Waals surface area (Å²) in [6.45, 7) is -0.477. The summed E-state index contributed by atoms with van der Waals surface area (Å²) in [7, 11) is 0. The fourth-order valence-corrected chi connectivity index (χ4v) is 2.76. The Morgan fingerprint density at radius 3 is 2.79 bits per heavy atom. The average Bonchev–Trinajstić information content (AvgIpc) is 3.10. The molecule has 12 heteroatoms. The average molecular weight is 338 g/mol. The molecule has 4 rings (SSSR count). The first-order chi connectivity index (χ1) is 11.5. The van der Waals surface area contributed by atoms with Crippen LogP contribution in [0.25, 0.3) is 11.2 Å². The molecule has 2 aromatic heterocycles. The van der Waals surface area contributed by atoms with Gasteiger partial charge in [0.1, 0.15) is 18.3 Å². The lowest BCUT2D eigenvalue weighted by atomic mass is 10.1. The van der Waals surface area contributed by atoms with Crippen molar-refractivity contribution in [3.8, 4) is 0 Å². The van der Waals surface area contributed by atoms with Gasteiger partial charge in [0.2, 0.25) is 5.95 Å². The number of rotatable bonds is 2. The van der Waals surface area contributed by atoms with E-state index in [9.17, 15) is 25.2 Å². The number of nitrogens with zero attached hydrogens (tertiary/aromatic N) is 5. The van der Waals surface area contributed by atoms with Gasteiger partial charge in [-0.05, 0) is 0 Å². The van der Waals surface area contributed by atoms with Gasteiger partial charge in [-0.25, -0.2) is 4.98 Å². The fourth-order valence-electron chi connectivity index (χ4n) is 2.76. The van der Waals surface area contributed by atoms with Gasteiger partial charge in [0.25, 0.3) is 0 Å². The van der Waals surface area contributed by atoms with E-state index in [4.69, 9.17) is 4.74 Å². The van der Waals surface area contributed by atoms with Crippen LogP contribution in [0, 0.1) is 0 Å². The Morgan fingerprint density at radius 2 is 2.08 bits per heavy atom. The van der Waals surface area contributed by atoms with Crippen LogP contribution >= 0.6 is 0 Å². The predicted octanol–water partition coefficient (Wildman–Crippen LogP) is -3.22. The molecule has 0 saturated carbocycles. The Labute approximate surface area is 133 Å². The number of anilines is 1. The van der Waals surface area contributed by atoms with E-state index in [1.54, 1.807) is 0 Å². The van der Waals surface area contributed by atoms with Crippen LogP contribution in [-0.4, -0.2) is 77.0 Å². The highest BCUT2D eigenvalue weighted by Crippen LogP contribution is 2.31. The molecule has 1 saturated heterocycles. The molecular formula is C12H14N6O6. The van der Waals surface area contributed by atoms with E-state index < -0.39 is 42.9 Å². The minimum Gasteiger partial charge on any atom is -0.394 e. The van der Waals surface area contributed by atoms with E-state index in [1.807, 2.05) is 0 Å². The van der Waals surface area contributed by atoms with Crippen molar-refractivity contribution in [3.63, 3.8) is 0 Å². The third-order valence-corrected chi connectivity index (χ3v) is 3.97. The van der Waals surface area contributed by atoms with E-state index in [0.717, 1.165) is 10.9 Å². The largest absolute Gasteiger partial charge is 0.394 e. The molecule has 0 spiro atoms. The topological polar surface area (TPSA) is 167 Å². The number of imidazole rings is 1. The van der Waals surface area contributed by atoms with Crippen LogP contribution in [0.15, 0.2) is 16.2 Å². The summed E-state index contributed by atoms with van der Waals surface area (Å²) in [5.74, 6) is -0.00371. The Hall–Kier alpha value is -2.38. The summed E-state index contributed by atoms with van der Waals surface area (Å²) < 4.78 is 7.65. The molecule has 0 radical (unpaired) electrons. The summed E-state index contributed by atoms with van der Waals surface area (Å²) in [5, 5.41) is 45.0. The number of ether oxygens (including phenoxy) is 1. The van der Waals surface area contributed by atoms with Crippen LogP contribution in [-0.2, 0) is 4.74 Å². The van der Waals surface area contributed by atoms with Crippen LogP contribution in [0.1, 0.15) is 6.23 Å². The van der Waals surface area contributed by atoms with E-state index in [-0.39, 0.29) is 17.1 Å². The van der Waals surface area contributed by atoms with Gasteiger partial charge in [0.15, 0.2) is 23.6 Å². The number of nitrogens with one attached hydrogen (secondary N) is 1. The SMILES string of the molecule is O=c1c2ncn([C@@H]3O[C@H](CO)[C@@H](O)[C@H]3O)c2nc2n1N=CC(O)N2. The van der Waals surface area contributed by atoms with E-state index in [1.165, 1.54) is 10.9 Å². The highest BCUT2D eigenvalue weighted by Gasteiger charge is 2.44. The molecule has 2 aliphatic rings. The zero-order valence-electron chi connectivity index (χ0n) is 12.1. The highest BCUT2D eigenvalue weighted by atomic mass is 16.6.